The molecular formula is C30H56O8. The third kappa shape index (κ3) is 26.0. The van der Waals surface area contributed by atoms with E-state index in [1.165, 1.54) is 109 Å². The zero-order valence-corrected chi connectivity index (χ0v) is 24.0. The second kappa shape index (κ2) is 26.9. The largest absolute Gasteiger partial charge is 0.479 e. The van der Waals surface area contributed by atoms with E-state index >= 15 is 0 Å². The number of rotatable bonds is 28. The van der Waals surface area contributed by atoms with Gasteiger partial charge in [0.2, 0.25) is 0 Å². The summed E-state index contributed by atoms with van der Waals surface area (Å²) in [5.74, 6) is -2.88. The van der Waals surface area contributed by atoms with Crippen LogP contribution in [0.5, 0.6) is 0 Å². The Morgan fingerprint density at radius 1 is 0.553 bits per heavy atom. The summed E-state index contributed by atoms with van der Waals surface area (Å²) in [7, 11) is 0. The fourth-order valence-corrected chi connectivity index (χ4v) is 4.33. The van der Waals surface area contributed by atoms with Crippen LogP contribution in [0.25, 0.3) is 0 Å². The van der Waals surface area contributed by atoms with Gasteiger partial charge >= 0.3 is 17.9 Å². The SMILES string of the molecule is CCCCCCCCCCCCCCCCCCCCCCC(=O)OCC(O)COC(=O)C[C@H](O)C(=O)O. The fraction of sp³-hybridized carbons (Fsp3) is 0.900. The number of carbonyl (C=O) groups excluding carboxylic acids is 2. The summed E-state index contributed by atoms with van der Waals surface area (Å²) in [6.45, 7) is 1.54. The van der Waals surface area contributed by atoms with Gasteiger partial charge in [0.15, 0.2) is 6.10 Å². The first-order valence-electron chi connectivity index (χ1n) is 15.3. The summed E-state index contributed by atoms with van der Waals surface area (Å²) in [6.07, 6.45) is 22.5. The van der Waals surface area contributed by atoms with Crippen molar-refractivity contribution in [2.24, 2.45) is 0 Å². The standard InChI is InChI=1S/C30H56O8/c1-2-3-4-5-6-7-8-9-10-11-12-13-14-15-16-17-18-19-20-21-22-28(33)37-24-26(31)25-38-29(34)23-27(32)30(35)36/h26-27,31-32H,2-25H2,1H3,(H,35,36)/t26?,27-/m0/s1. The molecule has 0 aromatic carbocycles. The van der Waals surface area contributed by atoms with E-state index in [0.29, 0.717) is 0 Å². The Morgan fingerprint density at radius 3 is 1.26 bits per heavy atom. The van der Waals surface area contributed by atoms with Crippen molar-refractivity contribution >= 4 is 17.9 Å². The van der Waals surface area contributed by atoms with E-state index in [1.54, 1.807) is 0 Å². The first-order valence-corrected chi connectivity index (χ1v) is 15.3. The van der Waals surface area contributed by atoms with Crippen LogP contribution in [0.15, 0.2) is 0 Å². The maximum absolute atomic E-state index is 11.8. The minimum atomic E-state index is -1.85. The van der Waals surface area contributed by atoms with Crippen LogP contribution in [-0.2, 0) is 23.9 Å². The second-order valence-corrected chi connectivity index (χ2v) is 10.5. The van der Waals surface area contributed by atoms with Crippen LogP contribution in [-0.4, -0.2) is 58.6 Å². The first-order chi connectivity index (χ1) is 18.4. The lowest BCUT2D eigenvalue weighted by Crippen LogP contribution is -2.28. The molecule has 2 atom stereocenters. The highest BCUT2D eigenvalue weighted by Gasteiger charge is 2.20. The van der Waals surface area contributed by atoms with Crippen LogP contribution >= 0.6 is 0 Å². The van der Waals surface area contributed by atoms with Gasteiger partial charge in [-0.05, 0) is 6.42 Å². The Balaban J connectivity index is 3.35. The molecule has 38 heavy (non-hydrogen) atoms. The number of aliphatic hydroxyl groups excluding tert-OH is 2. The fourth-order valence-electron chi connectivity index (χ4n) is 4.33. The van der Waals surface area contributed by atoms with Gasteiger partial charge in [0.05, 0.1) is 6.42 Å². The van der Waals surface area contributed by atoms with Crippen LogP contribution in [0, 0.1) is 0 Å². The van der Waals surface area contributed by atoms with E-state index in [1.807, 2.05) is 0 Å². The first kappa shape index (κ1) is 36.3. The summed E-state index contributed by atoms with van der Waals surface area (Å²) in [4.78, 5) is 33.6. The number of carboxylic acid groups (broad SMARTS) is 1. The lowest BCUT2D eigenvalue weighted by atomic mass is 10.0. The Kier molecular flexibility index (Phi) is 25.7. The number of ether oxygens (including phenoxy) is 2. The Labute approximate surface area is 230 Å². The van der Waals surface area contributed by atoms with Gasteiger partial charge in [-0.2, -0.15) is 0 Å². The number of unbranched alkanes of at least 4 members (excludes halogenated alkanes) is 19. The Bertz CT molecular complexity index is 581. The molecule has 0 saturated carbocycles. The Hall–Kier alpha value is -1.67. The average molecular weight is 545 g/mol. The second-order valence-electron chi connectivity index (χ2n) is 10.5. The summed E-state index contributed by atoms with van der Waals surface area (Å²) in [5, 5.41) is 27.3. The Morgan fingerprint density at radius 2 is 0.895 bits per heavy atom. The predicted molar refractivity (Wildman–Crippen MR) is 149 cm³/mol. The molecule has 8 heteroatoms. The van der Waals surface area contributed by atoms with E-state index < -0.39 is 43.1 Å². The summed E-state index contributed by atoms with van der Waals surface area (Å²) in [5.41, 5.74) is 0. The normalized spacial score (nSPS) is 12.7. The molecule has 0 saturated heterocycles. The van der Waals surface area contributed by atoms with E-state index in [-0.39, 0.29) is 13.0 Å². The number of aliphatic carboxylic acids is 1. The van der Waals surface area contributed by atoms with Gasteiger partial charge in [0.25, 0.3) is 0 Å². The van der Waals surface area contributed by atoms with Gasteiger partial charge < -0.3 is 24.8 Å². The highest BCUT2D eigenvalue weighted by Crippen LogP contribution is 2.15. The molecule has 0 heterocycles. The maximum Gasteiger partial charge on any atom is 0.333 e. The van der Waals surface area contributed by atoms with E-state index in [0.717, 1.165) is 19.3 Å². The predicted octanol–water partition coefficient (Wildman–Crippen LogP) is 6.48. The number of esters is 2. The molecule has 0 aliphatic rings. The zero-order valence-electron chi connectivity index (χ0n) is 24.0. The van der Waals surface area contributed by atoms with Crippen molar-refractivity contribution in [2.45, 2.75) is 160 Å². The third-order valence-corrected chi connectivity index (χ3v) is 6.75. The lowest BCUT2D eigenvalue weighted by molar-refractivity contribution is -0.159. The smallest absolute Gasteiger partial charge is 0.333 e. The lowest BCUT2D eigenvalue weighted by Gasteiger charge is -2.12. The van der Waals surface area contributed by atoms with E-state index in [9.17, 15) is 19.5 Å². The molecule has 0 aliphatic heterocycles. The molecule has 3 N–H and O–H groups in total. The molecule has 8 nitrogen and oxygen atoms in total. The molecule has 0 amide bonds. The topological polar surface area (TPSA) is 130 Å². The van der Waals surface area contributed by atoms with Gasteiger partial charge in [-0.15, -0.1) is 0 Å². The molecule has 0 bridgehead atoms. The maximum atomic E-state index is 11.8. The van der Waals surface area contributed by atoms with Crippen molar-refractivity contribution in [3.63, 3.8) is 0 Å². The van der Waals surface area contributed by atoms with Crippen molar-refractivity contribution in [2.75, 3.05) is 13.2 Å². The van der Waals surface area contributed by atoms with Crippen molar-refractivity contribution < 1.29 is 39.2 Å². The molecule has 0 rings (SSSR count). The molecule has 0 aromatic heterocycles. The van der Waals surface area contributed by atoms with Gasteiger partial charge in [0, 0.05) is 6.42 Å². The van der Waals surface area contributed by atoms with Crippen molar-refractivity contribution in [3.05, 3.63) is 0 Å². The molecule has 0 fully saturated rings. The van der Waals surface area contributed by atoms with Crippen LogP contribution in [0.4, 0.5) is 0 Å². The minimum Gasteiger partial charge on any atom is -0.479 e. The van der Waals surface area contributed by atoms with Gasteiger partial charge in [-0.3, -0.25) is 9.59 Å². The van der Waals surface area contributed by atoms with Gasteiger partial charge in [0.1, 0.15) is 19.3 Å². The highest BCUT2D eigenvalue weighted by atomic mass is 16.6. The van der Waals surface area contributed by atoms with Crippen LogP contribution in [0.3, 0.4) is 0 Å². The number of hydrogen-bond donors (Lipinski definition) is 3. The minimum absolute atomic E-state index is 0.288. The number of aliphatic hydroxyl groups is 2. The molecule has 224 valence electrons. The summed E-state index contributed by atoms with van der Waals surface area (Å²) >= 11 is 0. The van der Waals surface area contributed by atoms with Gasteiger partial charge in [-0.1, -0.05) is 129 Å². The third-order valence-electron chi connectivity index (χ3n) is 6.75. The van der Waals surface area contributed by atoms with Crippen molar-refractivity contribution in [1.82, 2.24) is 0 Å². The monoisotopic (exact) mass is 544 g/mol. The quantitative estimate of drug-likeness (QED) is 0.0753. The van der Waals surface area contributed by atoms with Crippen LogP contribution < -0.4 is 0 Å². The number of hydrogen-bond acceptors (Lipinski definition) is 7. The van der Waals surface area contributed by atoms with Gasteiger partial charge in [-0.25, -0.2) is 4.79 Å². The number of carboxylic acids is 1. The van der Waals surface area contributed by atoms with Crippen LogP contribution in [0.1, 0.15) is 148 Å². The summed E-state index contributed by atoms with van der Waals surface area (Å²) < 4.78 is 9.63. The number of carbonyl (C=O) groups is 3. The molecule has 0 radical (unpaired) electrons. The van der Waals surface area contributed by atoms with E-state index in [4.69, 9.17) is 14.9 Å². The van der Waals surface area contributed by atoms with E-state index in [2.05, 4.69) is 11.7 Å². The zero-order chi connectivity index (χ0) is 28.3. The summed E-state index contributed by atoms with van der Waals surface area (Å²) in [6, 6.07) is 0. The van der Waals surface area contributed by atoms with Crippen molar-refractivity contribution in [3.8, 4) is 0 Å². The van der Waals surface area contributed by atoms with Crippen molar-refractivity contribution in [1.29, 1.82) is 0 Å². The van der Waals surface area contributed by atoms with Crippen LogP contribution in [0.2, 0.25) is 0 Å². The molecule has 0 aliphatic carbocycles. The average Bonchev–Trinajstić information content (AvgIpc) is 2.89. The highest BCUT2D eigenvalue weighted by molar-refractivity contribution is 5.80. The molecule has 0 aromatic rings. The molecule has 0 spiro atoms. The molecular weight excluding hydrogens is 488 g/mol. The molecule has 1 unspecified atom stereocenters.